The first kappa shape index (κ1) is 33.7. The summed E-state index contributed by atoms with van der Waals surface area (Å²) in [5, 5.41) is 2.96. The number of sulfonamides is 1. The average Bonchev–Trinajstić information content (AvgIpc) is 3.06. The zero-order valence-electron chi connectivity index (χ0n) is 25.4. The Morgan fingerprint density at radius 2 is 1.44 bits per heavy atom. The summed E-state index contributed by atoms with van der Waals surface area (Å²) in [5.74, 6) is -0.511. The van der Waals surface area contributed by atoms with Crippen LogP contribution in [0.1, 0.15) is 31.4 Å². The lowest BCUT2D eigenvalue weighted by atomic mass is 10.0. The van der Waals surface area contributed by atoms with Gasteiger partial charge >= 0.3 is 0 Å². The minimum Gasteiger partial charge on any atom is -0.492 e. The van der Waals surface area contributed by atoms with Gasteiger partial charge in [-0.25, -0.2) is 8.42 Å². The maximum absolute atomic E-state index is 14.5. The van der Waals surface area contributed by atoms with E-state index in [1.54, 1.807) is 49.4 Å². The Hall–Kier alpha value is -4.15. The molecule has 0 spiro atoms. The van der Waals surface area contributed by atoms with Crippen molar-refractivity contribution < 1.29 is 22.7 Å². The topological polar surface area (TPSA) is 96.0 Å². The van der Waals surface area contributed by atoms with E-state index in [0.29, 0.717) is 18.9 Å². The van der Waals surface area contributed by atoms with Crippen LogP contribution in [0.5, 0.6) is 5.75 Å². The number of anilines is 1. The summed E-state index contributed by atoms with van der Waals surface area (Å²) >= 11 is 3.46. The van der Waals surface area contributed by atoms with Crippen molar-refractivity contribution in [2.75, 3.05) is 24.0 Å². The Morgan fingerprint density at radius 3 is 2.09 bits per heavy atom. The molecule has 0 saturated heterocycles. The zero-order chi connectivity index (χ0) is 32.2. The highest BCUT2D eigenvalue weighted by atomic mass is 79.9. The molecule has 0 heterocycles. The van der Waals surface area contributed by atoms with Gasteiger partial charge in [-0.2, -0.15) is 0 Å². The van der Waals surface area contributed by atoms with E-state index in [0.717, 1.165) is 26.3 Å². The average molecular weight is 693 g/mol. The summed E-state index contributed by atoms with van der Waals surface area (Å²) in [6, 6.07) is 30.8. The van der Waals surface area contributed by atoms with Crippen LogP contribution in [0.25, 0.3) is 0 Å². The van der Waals surface area contributed by atoms with Gasteiger partial charge < -0.3 is 15.0 Å². The van der Waals surface area contributed by atoms with E-state index in [2.05, 4.69) is 21.2 Å². The number of amides is 2. The van der Waals surface area contributed by atoms with Crippen molar-refractivity contribution in [2.45, 2.75) is 44.2 Å². The van der Waals surface area contributed by atoms with E-state index in [4.69, 9.17) is 4.74 Å². The number of carbonyl (C=O) groups is 2. The fourth-order valence-electron chi connectivity index (χ4n) is 4.88. The maximum atomic E-state index is 14.5. The third kappa shape index (κ3) is 8.95. The van der Waals surface area contributed by atoms with Crippen LogP contribution in [-0.4, -0.2) is 50.9 Å². The van der Waals surface area contributed by atoms with Crippen LogP contribution in [0.3, 0.4) is 0 Å². The number of halogens is 1. The Bertz CT molecular complexity index is 1650. The molecule has 0 fully saturated rings. The summed E-state index contributed by atoms with van der Waals surface area (Å²) in [6.07, 6.45) is 0.974. The normalized spacial score (nSPS) is 11.8. The van der Waals surface area contributed by atoms with Crippen molar-refractivity contribution in [3.8, 4) is 5.75 Å². The minimum atomic E-state index is -4.22. The molecule has 0 aliphatic rings. The minimum absolute atomic E-state index is 0.0325. The van der Waals surface area contributed by atoms with Crippen LogP contribution in [-0.2, 0) is 32.6 Å². The molecule has 2 amide bonds. The predicted molar refractivity (Wildman–Crippen MR) is 181 cm³/mol. The smallest absolute Gasteiger partial charge is 0.264 e. The standard InChI is InChI=1S/C35H38BrN3O5S/c1-3-23-37-35(41)32(24-27-13-7-5-8-14-27)38(25-28-19-21-29(36)22-20-28)34(40)26-39(31-17-11-12-18-33(31)44-4-2)45(42,43)30-15-9-6-10-16-30/h5-22,32H,3-4,23-26H2,1-2H3,(H,37,41)/t32-/m0/s1. The van der Waals surface area contributed by atoms with Gasteiger partial charge in [-0.15, -0.1) is 0 Å². The third-order valence-electron chi connectivity index (χ3n) is 7.13. The van der Waals surface area contributed by atoms with Crippen LogP contribution in [0.15, 0.2) is 119 Å². The molecule has 45 heavy (non-hydrogen) atoms. The number of benzene rings is 4. The second-order valence-corrected chi connectivity index (χ2v) is 13.1. The summed E-state index contributed by atoms with van der Waals surface area (Å²) in [6.45, 7) is 4.05. The Kier molecular flexibility index (Phi) is 12.2. The number of para-hydroxylation sites is 2. The molecule has 4 aromatic carbocycles. The van der Waals surface area contributed by atoms with Gasteiger partial charge in [-0.3, -0.25) is 13.9 Å². The molecule has 0 saturated carbocycles. The quantitative estimate of drug-likeness (QED) is 0.160. The fourth-order valence-corrected chi connectivity index (χ4v) is 6.59. The first-order chi connectivity index (χ1) is 21.7. The monoisotopic (exact) mass is 691 g/mol. The predicted octanol–water partition coefficient (Wildman–Crippen LogP) is 6.21. The lowest BCUT2D eigenvalue weighted by molar-refractivity contribution is -0.140. The van der Waals surface area contributed by atoms with Crippen molar-refractivity contribution in [1.82, 2.24) is 10.2 Å². The molecule has 4 aromatic rings. The highest BCUT2D eigenvalue weighted by Gasteiger charge is 2.35. The number of ether oxygens (including phenoxy) is 1. The van der Waals surface area contributed by atoms with Gasteiger partial charge in [0.1, 0.15) is 18.3 Å². The summed E-state index contributed by atoms with van der Waals surface area (Å²) in [5.41, 5.74) is 1.90. The SMILES string of the molecule is CCCNC(=O)[C@H](Cc1ccccc1)N(Cc1ccc(Br)cc1)C(=O)CN(c1ccccc1OCC)S(=O)(=O)c1ccccc1. The first-order valence-electron chi connectivity index (χ1n) is 14.9. The number of nitrogens with one attached hydrogen (secondary N) is 1. The maximum Gasteiger partial charge on any atom is 0.264 e. The van der Waals surface area contributed by atoms with Crippen molar-refractivity contribution in [1.29, 1.82) is 0 Å². The highest BCUT2D eigenvalue weighted by molar-refractivity contribution is 9.10. The van der Waals surface area contributed by atoms with Crippen LogP contribution in [0.2, 0.25) is 0 Å². The van der Waals surface area contributed by atoms with Crippen LogP contribution in [0.4, 0.5) is 5.69 Å². The van der Waals surface area contributed by atoms with E-state index in [1.165, 1.54) is 17.0 Å². The van der Waals surface area contributed by atoms with E-state index in [-0.39, 0.29) is 29.5 Å². The molecule has 1 N–H and O–H groups in total. The molecule has 0 bridgehead atoms. The van der Waals surface area contributed by atoms with E-state index >= 15 is 0 Å². The molecule has 0 radical (unpaired) electrons. The first-order valence-corrected chi connectivity index (χ1v) is 17.1. The molecule has 4 rings (SSSR count). The largest absolute Gasteiger partial charge is 0.492 e. The molecule has 8 nitrogen and oxygen atoms in total. The van der Waals surface area contributed by atoms with Gasteiger partial charge in [-0.1, -0.05) is 95.7 Å². The van der Waals surface area contributed by atoms with Crippen LogP contribution >= 0.6 is 15.9 Å². The van der Waals surface area contributed by atoms with Crippen LogP contribution in [0, 0.1) is 0 Å². The Labute approximate surface area is 274 Å². The fraction of sp³-hybridized carbons (Fsp3) is 0.257. The molecule has 236 valence electrons. The van der Waals surface area contributed by atoms with E-state index < -0.39 is 28.5 Å². The Balaban J connectivity index is 1.82. The van der Waals surface area contributed by atoms with Gasteiger partial charge in [-0.05, 0) is 60.9 Å². The van der Waals surface area contributed by atoms with Gasteiger partial charge in [0.15, 0.2) is 0 Å². The van der Waals surface area contributed by atoms with Crippen molar-refractivity contribution in [2.24, 2.45) is 0 Å². The zero-order valence-corrected chi connectivity index (χ0v) is 27.8. The summed E-state index contributed by atoms with van der Waals surface area (Å²) in [7, 11) is -4.22. The summed E-state index contributed by atoms with van der Waals surface area (Å²) < 4.78 is 36.1. The van der Waals surface area contributed by atoms with E-state index in [9.17, 15) is 18.0 Å². The van der Waals surface area contributed by atoms with Gasteiger partial charge in [0.05, 0.1) is 17.2 Å². The third-order valence-corrected chi connectivity index (χ3v) is 9.43. The number of rotatable bonds is 15. The second-order valence-electron chi connectivity index (χ2n) is 10.4. The van der Waals surface area contributed by atoms with Crippen molar-refractivity contribution >= 4 is 43.5 Å². The number of carbonyl (C=O) groups excluding carboxylic acids is 2. The number of hydrogen-bond acceptors (Lipinski definition) is 5. The molecule has 0 aliphatic carbocycles. The van der Waals surface area contributed by atoms with Gasteiger partial charge in [0.25, 0.3) is 10.0 Å². The molecular weight excluding hydrogens is 654 g/mol. The lowest BCUT2D eigenvalue weighted by Gasteiger charge is -2.34. The number of nitrogens with zero attached hydrogens (tertiary/aromatic N) is 2. The second kappa shape index (κ2) is 16.2. The van der Waals surface area contributed by atoms with Crippen molar-refractivity contribution in [3.63, 3.8) is 0 Å². The molecular formula is C35H38BrN3O5S. The van der Waals surface area contributed by atoms with Gasteiger partial charge in [0, 0.05) is 24.0 Å². The van der Waals surface area contributed by atoms with E-state index in [1.807, 2.05) is 61.5 Å². The number of hydrogen-bond donors (Lipinski definition) is 1. The highest BCUT2D eigenvalue weighted by Crippen LogP contribution is 2.33. The molecule has 0 aliphatic heterocycles. The molecule has 0 aromatic heterocycles. The molecule has 10 heteroatoms. The summed E-state index contributed by atoms with van der Waals surface area (Å²) in [4.78, 5) is 29.8. The molecule has 0 unspecified atom stereocenters. The van der Waals surface area contributed by atoms with Crippen LogP contribution < -0.4 is 14.4 Å². The lowest BCUT2D eigenvalue weighted by Crippen LogP contribution is -2.53. The Morgan fingerprint density at radius 1 is 0.822 bits per heavy atom. The van der Waals surface area contributed by atoms with Crippen molar-refractivity contribution in [3.05, 3.63) is 125 Å². The van der Waals surface area contributed by atoms with Gasteiger partial charge in [0.2, 0.25) is 11.8 Å². The molecule has 1 atom stereocenters.